The van der Waals surface area contributed by atoms with Crippen LogP contribution in [0.2, 0.25) is 0 Å². The van der Waals surface area contributed by atoms with Gasteiger partial charge in [0.2, 0.25) is 5.91 Å². The number of nitrogens with zero attached hydrogens (tertiary/aromatic N) is 3. The van der Waals surface area contributed by atoms with Crippen molar-refractivity contribution in [3.63, 3.8) is 0 Å². The van der Waals surface area contributed by atoms with Gasteiger partial charge in [-0.2, -0.15) is 0 Å². The van der Waals surface area contributed by atoms with E-state index in [-0.39, 0.29) is 42.6 Å². The van der Waals surface area contributed by atoms with Gasteiger partial charge >= 0.3 is 0 Å². The van der Waals surface area contributed by atoms with Crippen molar-refractivity contribution in [1.82, 2.24) is 20.3 Å². The SMILES string of the molecule is CCCOC(C)(C)COC(C)(C)Cn1cc(CNC(=O)CCC(=O)C(C)C)nn1. The number of amides is 1. The van der Waals surface area contributed by atoms with E-state index < -0.39 is 5.60 Å². The maximum absolute atomic E-state index is 11.9. The number of hydrogen-bond donors (Lipinski definition) is 1. The highest BCUT2D eigenvalue weighted by Crippen LogP contribution is 2.18. The molecule has 1 N–H and O–H groups in total. The summed E-state index contributed by atoms with van der Waals surface area (Å²) in [4.78, 5) is 23.5. The van der Waals surface area contributed by atoms with Crippen molar-refractivity contribution < 1.29 is 19.1 Å². The predicted molar refractivity (Wildman–Crippen MR) is 111 cm³/mol. The normalized spacial score (nSPS) is 12.4. The van der Waals surface area contributed by atoms with Gasteiger partial charge in [-0.25, -0.2) is 4.68 Å². The summed E-state index contributed by atoms with van der Waals surface area (Å²) in [5.41, 5.74) is -0.128. The van der Waals surface area contributed by atoms with Crippen LogP contribution in [0.4, 0.5) is 0 Å². The molecule has 1 heterocycles. The molecule has 0 aromatic carbocycles. The van der Waals surface area contributed by atoms with Crippen LogP contribution >= 0.6 is 0 Å². The third kappa shape index (κ3) is 10.5. The molecule has 1 amide bonds. The van der Waals surface area contributed by atoms with Crippen molar-refractivity contribution in [1.29, 1.82) is 0 Å². The molecule has 0 saturated carbocycles. The first-order chi connectivity index (χ1) is 13.4. The van der Waals surface area contributed by atoms with Gasteiger partial charge in [-0.05, 0) is 34.1 Å². The standard InChI is InChI=1S/C21H38N4O4/c1-8-11-28-21(6,7)15-29-20(4,5)14-25-13-17(23-24-25)12-22-19(27)10-9-18(26)16(2)3/h13,16H,8-12,14-15H2,1-7H3,(H,22,27). The predicted octanol–water partition coefficient (Wildman–Crippen LogP) is 2.90. The number of nitrogens with one attached hydrogen (secondary N) is 1. The third-order valence-electron chi connectivity index (χ3n) is 4.35. The van der Waals surface area contributed by atoms with Crippen molar-refractivity contribution in [3.05, 3.63) is 11.9 Å². The number of ether oxygens (including phenoxy) is 2. The number of hydrogen-bond acceptors (Lipinski definition) is 6. The van der Waals surface area contributed by atoms with Crippen LogP contribution in [0.25, 0.3) is 0 Å². The monoisotopic (exact) mass is 410 g/mol. The fraction of sp³-hybridized carbons (Fsp3) is 0.810. The molecule has 0 unspecified atom stereocenters. The van der Waals surface area contributed by atoms with E-state index in [9.17, 15) is 9.59 Å². The zero-order valence-corrected chi connectivity index (χ0v) is 19.1. The van der Waals surface area contributed by atoms with Gasteiger partial charge in [0.1, 0.15) is 11.5 Å². The molecule has 29 heavy (non-hydrogen) atoms. The number of aromatic nitrogens is 3. The van der Waals surface area contributed by atoms with Crippen LogP contribution in [0.1, 0.15) is 73.4 Å². The maximum atomic E-state index is 11.9. The van der Waals surface area contributed by atoms with E-state index in [1.165, 1.54) is 0 Å². The fourth-order valence-corrected chi connectivity index (χ4v) is 2.52. The highest BCUT2D eigenvalue weighted by atomic mass is 16.6. The molecule has 1 aromatic heterocycles. The molecular formula is C21H38N4O4. The van der Waals surface area contributed by atoms with Crippen LogP contribution in [0.5, 0.6) is 0 Å². The first-order valence-corrected chi connectivity index (χ1v) is 10.4. The number of ketones is 1. The Hall–Kier alpha value is -1.80. The Morgan fingerprint density at radius 2 is 1.83 bits per heavy atom. The van der Waals surface area contributed by atoms with Gasteiger partial charge in [0, 0.05) is 25.4 Å². The summed E-state index contributed by atoms with van der Waals surface area (Å²) >= 11 is 0. The lowest BCUT2D eigenvalue weighted by Crippen LogP contribution is -2.39. The third-order valence-corrected chi connectivity index (χ3v) is 4.35. The van der Waals surface area contributed by atoms with Crippen LogP contribution in [0, 0.1) is 5.92 Å². The molecule has 8 heteroatoms. The fourth-order valence-electron chi connectivity index (χ4n) is 2.52. The van der Waals surface area contributed by atoms with Gasteiger partial charge in [0.05, 0.1) is 37.1 Å². The molecule has 166 valence electrons. The Morgan fingerprint density at radius 3 is 2.45 bits per heavy atom. The molecular weight excluding hydrogens is 372 g/mol. The number of Topliss-reactive ketones (excluding diaryl/α,β-unsaturated/α-hetero) is 1. The zero-order chi connectivity index (χ0) is 22.1. The van der Waals surface area contributed by atoms with Gasteiger partial charge in [-0.15, -0.1) is 5.10 Å². The zero-order valence-electron chi connectivity index (χ0n) is 19.1. The second-order valence-corrected chi connectivity index (χ2v) is 8.96. The summed E-state index contributed by atoms with van der Waals surface area (Å²) in [7, 11) is 0. The highest BCUT2D eigenvalue weighted by Gasteiger charge is 2.26. The molecule has 0 atom stereocenters. The van der Waals surface area contributed by atoms with Crippen LogP contribution in [-0.2, 0) is 32.2 Å². The van der Waals surface area contributed by atoms with E-state index in [0.29, 0.717) is 25.5 Å². The molecule has 1 rings (SSSR count). The first-order valence-electron chi connectivity index (χ1n) is 10.4. The van der Waals surface area contributed by atoms with E-state index in [1.807, 2.05) is 41.5 Å². The van der Waals surface area contributed by atoms with Gasteiger partial charge in [-0.3, -0.25) is 9.59 Å². The topological polar surface area (TPSA) is 95.3 Å². The minimum atomic E-state index is -0.446. The second kappa shape index (κ2) is 11.4. The second-order valence-electron chi connectivity index (χ2n) is 8.96. The molecule has 0 spiro atoms. The lowest BCUT2D eigenvalue weighted by atomic mass is 10.0. The van der Waals surface area contributed by atoms with Gasteiger partial charge < -0.3 is 14.8 Å². The molecule has 0 saturated heterocycles. The van der Waals surface area contributed by atoms with Crippen molar-refractivity contribution in [2.24, 2.45) is 5.92 Å². The number of carbonyl (C=O) groups is 2. The first kappa shape index (κ1) is 25.2. The van der Waals surface area contributed by atoms with E-state index in [1.54, 1.807) is 10.9 Å². The molecule has 0 fully saturated rings. The summed E-state index contributed by atoms with van der Waals surface area (Å²) in [6.07, 6.45) is 3.23. The van der Waals surface area contributed by atoms with Crippen LogP contribution in [-0.4, -0.2) is 51.1 Å². The molecule has 0 bridgehead atoms. The summed E-state index contributed by atoms with van der Waals surface area (Å²) in [6, 6.07) is 0. The van der Waals surface area contributed by atoms with Crippen molar-refractivity contribution in [3.8, 4) is 0 Å². The Morgan fingerprint density at radius 1 is 1.14 bits per heavy atom. The number of carbonyl (C=O) groups excluding carboxylic acids is 2. The van der Waals surface area contributed by atoms with Crippen molar-refractivity contribution in [2.75, 3.05) is 13.2 Å². The lowest BCUT2D eigenvalue weighted by molar-refractivity contribution is -0.126. The quantitative estimate of drug-likeness (QED) is 0.507. The van der Waals surface area contributed by atoms with E-state index >= 15 is 0 Å². The minimum Gasteiger partial charge on any atom is -0.373 e. The summed E-state index contributed by atoms with van der Waals surface area (Å²) in [5.74, 6) is -0.111. The highest BCUT2D eigenvalue weighted by molar-refractivity contribution is 5.85. The Bertz CT molecular complexity index is 653. The number of rotatable bonds is 14. The summed E-state index contributed by atoms with van der Waals surface area (Å²) in [6.45, 7) is 15.8. The molecule has 0 radical (unpaired) electrons. The smallest absolute Gasteiger partial charge is 0.220 e. The van der Waals surface area contributed by atoms with Crippen molar-refractivity contribution >= 4 is 11.7 Å². The average molecular weight is 411 g/mol. The molecule has 0 aliphatic carbocycles. The Kier molecular flexibility index (Phi) is 9.92. The van der Waals surface area contributed by atoms with Crippen molar-refractivity contribution in [2.45, 2.75) is 92.0 Å². The van der Waals surface area contributed by atoms with E-state index in [2.05, 4.69) is 22.6 Å². The average Bonchev–Trinajstić information content (AvgIpc) is 3.08. The van der Waals surface area contributed by atoms with Gasteiger partial charge in [0.15, 0.2) is 0 Å². The van der Waals surface area contributed by atoms with E-state index in [0.717, 1.165) is 6.42 Å². The molecule has 1 aromatic rings. The van der Waals surface area contributed by atoms with E-state index in [4.69, 9.17) is 9.47 Å². The van der Waals surface area contributed by atoms with Gasteiger partial charge in [-0.1, -0.05) is 26.0 Å². The van der Waals surface area contributed by atoms with Crippen LogP contribution < -0.4 is 5.32 Å². The lowest BCUT2D eigenvalue weighted by Gasteiger charge is -2.31. The van der Waals surface area contributed by atoms with Crippen LogP contribution in [0.3, 0.4) is 0 Å². The molecule has 0 aliphatic heterocycles. The molecule has 8 nitrogen and oxygen atoms in total. The summed E-state index contributed by atoms with van der Waals surface area (Å²) < 4.78 is 13.6. The largest absolute Gasteiger partial charge is 0.373 e. The maximum Gasteiger partial charge on any atom is 0.220 e. The van der Waals surface area contributed by atoms with Gasteiger partial charge in [0.25, 0.3) is 0 Å². The Balaban J connectivity index is 2.44. The molecule has 0 aliphatic rings. The summed E-state index contributed by atoms with van der Waals surface area (Å²) in [5, 5.41) is 11.0. The van der Waals surface area contributed by atoms with Crippen LogP contribution in [0.15, 0.2) is 6.20 Å². The minimum absolute atomic E-state index is 0.0444. The Labute approximate surface area is 174 Å².